The fourth-order valence-corrected chi connectivity index (χ4v) is 5.90. The standard InChI is InChI=1S/C36H24N4O2/c37-23-24-17-18-25(39-29-9-1-5-13-33(29)41-34-14-6-2-10-30(34)39)21-27(24)28-22-26(19-20-38-28)40-31-11-3-7-15-35(31)42-36-16-8-4-12-32(36)40/h1,3-9,11-22H,2,10H2. The van der Waals surface area contributed by atoms with Gasteiger partial charge >= 0.3 is 0 Å². The van der Waals surface area contributed by atoms with E-state index in [1.165, 1.54) is 0 Å². The summed E-state index contributed by atoms with van der Waals surface area (Å²) < 4.78 is 12.5. The molecule has 8 rings (SSSR count). The van der Waals surface area contributed by atoms with Crippen LogP contribution in [0.2, 0.25) is 0 Å². The fraction of sp³-hybridized carbons (Fsp3) is 0.0556. The Morgan fingerprint density at radius 1 is 0.690 bits per heavy atom. The molecule has 0 saturated carbocycles. The van der Waals surface area contributed by atoms with Gasteiger partial charge in [0.2, 0.25) is 0 Å². The van der Waals surface area contributed by atoms with Crippen molar-refractivity contribution in [1.82, 2.24) is 4.98 Å². The minimum Gasteiger partial charge on any atom is -0.453 e. The van der Waals surface area contributed by atoms with Gasteiger partial charge in [0.05, 0.1) is 45.8 Å². The zero-order valence-corrected chi connectivity index (χ0v) is 22.6. The zero-order chi connectivity index (χ0) is 28.0. The zero-order valence-electron chi connectivity index (χ0n) is 22.6. The van der Waals surface area contributed by atoms with Crippen molar-refractivity contribution in [2.24, 2.45) is 0 Å². The molecular weight excluding hydrogens is 520 g/mol. The highest BCUT2D eigenvalue weighted by Gasteiger charge is 2.29. The molecule has 0 fully saturated rings. The summed E-state index contributed by atoms with van der Waals surface area (Å²) in [5, 5.41) is 10.1. The summed E-state index contributed by atoms with van der Waals surface area (Å²) in [6.45, 7) is 0. The number of fused-ring (bicyclic) bond motifs is 3. The summed E-state index contributed by atoms with van der Waals surface area (Å²) in [5.74, 6) is 3.23. The van der Waals surface area contributed by atoms with Crippen molar-refractivity contribution in [2.45, 2.75) is 12.8 Å². The first-order valence-electron chi connectivity index (χ1n) is 13.9. The number of para-hydroxylation sites is 6. The molecule has 4 aromatic carbocycles. The van der Waals surface area contributed by atoms with Gasteiger partial charge in [-0.15, -0.1) is 0 Å². The molecule has 3 aliphatic rings. The number of aromatic nitrogens is 1. The highest BCUT2D eigenvalue weighted by molar-refractivity contribution is 5.88. The van der Waals surface area contributed by atoms with Gasteiger partial charge in [-0.1, -0.05) is 42.5 Å². The van der Waals surface area contributed by atoms with Crippen LogP contribution in [0.1, 0.15) is 18.4 Å². The Hall–Kier alpha value is -5.80. The fourth-order valence-electron chi connectivity index (χ4n) is 5.90. The Kier molecular flexibility index (Phi) is 5.54. The van der Waals surface area contributed by atoms with Crippen LogP contribution in [0.4, 0.5) is 28.4 Å². The van der Waals surface area contributed by atoms with E-state index in [1.807, 2.05) is 91.0 Å². The lowest BCUT2D eigenvalue weighted by Crippen LogP contribution is -2.25. The minimum atomic E-state index is 0.561. The van der Waals surface area contributed by atoms with Gasteiger partial charge in [0.25, 0.3) is 0 Å². The summed E-state index contributed by atoms with van der Waals surface area (Å²) in [7, 11) is 0. The van der Waals surface area contributed by atoms with Crippen LogP contribution in [-0.4, -0.2) is 4.98 Å². The highest BCUT2D eigenvalue weighted by Crippen LogP contribution is 2.51. The Bertz CT molecular complexity index is 1940. The van der Waals surface area contributed by atoms with Crippen molar-refractivity contribution in [3.8, 4) is 34.6 Å². The average molecular weight is 545 g/mol. The molecule has 6 nitrogen and oxygen atoms in total. The van der Waals surface area contributed by atoms with Gasteiger partial charge < -0.3 is 19.3 Å². The molecule has 0 spiro atoms. The van der Waals surface area contributed by atoms with Crippen molar-refractivity contribution in [2.75, 3.05) is 9.80 Å². The van der Waals surface area contributed by atoms with E-state index in [0.717, 1.165) is 75.5 Å². The second kappa shape index (κ2) is 9.69. The third-order valence-corrected chi connectivity index (χ3v) is 7.79. The molecule has 0 saturated heterocycles. The topological polar surface area (TPSA) is 61.6 Å². The summed E-state index contributed by atoms with van der Waals surface area (Å²) in [6.07, 6.45) is 7.80. The van der Waals surface area contributed by atoms with Crippen molar-refractivity contribution in [3.05, 3.63) is 138 Å². The van der Waals surface area contributed by atoms with Crippen molar-refractivity contribution in [1.29, 1.82) is 5.26 Å². The second-order valence-electron chi connectivity index (χ2n) is 10.3. The highest BCUT2D eigenvalue weighted by atomic mass is 16.5. The van der Waals surface area contributed by atoms with E-state index in [1.54, 1.807) is 6.20 Å². The van der Waals surface area contributed by atoms with Gasteiger partial charge in [-0.3, -0.25) is 4.98 Å². The van der Waals surface area contributed by atoms with Crippen LogP contribution < -0.4 is 19.3 Å². The molecule has 0 N–H and O–H groups in total. The van der Waals surface area contributed by atoms with E-state index in [0.29, 0.717) is 11.3 Å². The Labute approximate surface area is 243 Å². The lowest BCUT2D eigenvalue weighted by atomic mass is 10.00. The molecule has 3 heterocycles. The van der Waals surface area contributed by atoms with Crippen LogP contribution in [0.5, 0.6) is 17.2 Å². The number of nitriles is 1. The van der Waals surface area contributed by atoms with Crippen molar-refractivity contribution < 1.29 is 9.47 Å². The molecule has 1 aliphatic carbocycles. The molecule has 0 radical (unpaired) electrons. The number of ether oxygens (including phenoxy) is 2. The number of hydrogen-bond acceptors (Lipinski definition) is 6. The SMILES string of the molecule is N#Cc1ccc(N2C3=C(C=CCC3)Oc3ccccc32)cc1-c1cc(N2c3ccccc3Oc3ccccc32)ccn1. The van der Waals surface area contributed by atoms with Gasteiger partial charge in [-0.2, -0.15) is 5.26 Å². The van der Waals surface area contributed by atoms with E-state index in [2.05, 4.69) is 40.2 Å². The molecule has 6 heteroatoms. The first-order chi connectivity index (χ1) is 20.8. The van der Waals surface area contributed by atoms with Crippen molar-refractivity contribution in [3.63, 3.8) is 0 Å². The lowest BCUT2D eigenvalue weighted by molar-refractivity contribution is 0.421. The van der Waals surface area contributed by atoms with E-state index < -0.39 is 0 Å². The smallest absolute Gasteiger partial charge is 0.151 e. The first kappa shape index (κ1) is 24.0. The molecule has 42 heavy (non-hydrogen) atoms. The maximum absolute atomic E-state index is 10.1. The number of benzene rings is 4. The number of rotatable bonds is 3. The van der Waals surface area contributed by atoms with Gasteiger partial charge in [-0.05, 0) is 85.6 Å². The van der Waals surface area contributed by atoms with Crippen LogP contribution in [-0.2, 0) is 0 Å². The Morgan fingerprint density at radius 2 is 1.33 bits per heavy atom. The number of nitrogens with zero attached hydrogens (tertiary/aromatic N) is 4. The summed E-state index contributed by atoms with van der Waals surface area (Å²) in [6, 6.07) is 36.4. The predicted octanol–water partition coefficient (Wildman–Crippen LogP) is 9.29. The summed E-state index contributed by atoms with van der Waals surface area (Å²) in [5.41, 5.74) is 7.89. The quantitative estimate of drug-likeness (QED) is 0.221. The van der Waals surface area contributed by atoms with E-state index in [4.69, 9.17) is 14.5 Å². The Morgan fingerprint density at radius 3 is 2.05 bits per heavy atom. The molecule has 0 amide bonds. The summed E-state index contributed by atoms with van der Waals surface area (Å²) >= 11 is 0. The van der Waals surface area contributed by atoms with Gasteiger partial charge in [0, 0.05) is 17.4 Å². The van der Waals surface area contributed by atoms with Crippen LogP contribution in [0, 0.1) is 11.3 Å². The second-order valence-corrected chi connectivity index (χ2v) is 10.3. The van der Waals surface area contributed by atoms with E-state index in [9.17, 15) is 5.26 Å². The van der Waals surface area contributed by atoms with Crippen LogP contribution in [0.3, 0.4) is 0 Å². The van der Waals surface area contributed by atoms with E-state index >= 15 is 0 Å². The lowest BCUT2D eigenvalue weighted by Gasteiger charge is -2.36. The number of allylic oxidation sites excluding steroid dienone is 3. The third kappa shape index (κ3) is 3.83. The predicted molar refractivity (Wildman–Crippen MR) is 164 cm³/mol. The van der Waals surface area contributed by atoms with Crippen LogP contribution in [0.15, 0.2) is 133 Å². The first-order valence-corrected chi connectivity index (χ1v) is 13.9. The normalized spacial score (nSPS) is 14.5. The third-order valence-electron chi connectivity index (χ3n) is 7.79. The minimum absolute atomic E-state index is 0.561. The average Bonchev–Trinajstić information content (AvgIpc) is 3.05. The molecule has 5 aromatic rings. The molecule has 0 atom stereocenters. The van der Waals surface area contributed by atoms with E-state index in [-0.39, 0.29) is 0 Å². The van der Waals surface area contributed by atoms with Crippen LogP contribution >= 0.6 is 0 Å². The van der Waals surface area contributed by atoms with Gasteiger partial charge in [-0.25, -0.2) is 0 Å². The molecule has 2 aliphatic heterocycles. The van der Waals surface area contributed by atoms with Crippen molar-refractivity contribution >= 4 is 28.4 Å². The van der Waals surface area contributed by atoms with Crippen LogP contribution in [0.25, 0.3) is 11.3 Å². The molecule has 0 bridgehead atoms. The maximum atomic E-state index is 10.1. The number of pyridine rings is 1. The number of anilines is 5. The molecule has 1 aromatic heterocycles. The number of hydrogen-bond donors (Lipinski definition) is 0. The largest absolute Gasteiger partial charge is 0.453 e. The monoisotopic (exact) mass is 544 g/mol. The Balaban J connectivity index is 1.27. The van der Waals surface area contributed by atoms with Gasteiger partial charge in [0.1, 0.15) is 5.76 Å². The molecular formula is C36H24N4O2. The van der Waals surface area contributed by atoms with Gasteiger partial charge in [0.15, 0.2) is 17.2 Å². The molecule has 0 unspecified atom stereocenters. The summed E-state index contributed by atoms with van der Waals surface area (Å²) in [4.78, 5) is 9.19. The molecule has 200 valence electrons. The maximum Gasteiger partial charge on any atom is 0.151 e.